The van der Waals surface area contributed by atoms with E-state index in [1.807, 2.05) is 24.3 Å². The molecular formula is C10H9BrN2OSe. The average Bonchev–Trinajstić information content (AvgIpc) is 2.49. The molecule has 0 aliphatic carbocycles. The van der Waals surface area contributed by atoms with E-state index in [0.29, 0.717) is 4.73 Å². The Morgan fingerprint density at radius 2 is 2.07 bits per heavy atom. The average molecular weight is 332 g/mol. The van der Waals surface area contributed by atoms with Gasteiger partial charge in [0.2, 0.25) is 0 Å². The quantitative estimate of drug-likeness (QED) is 0.831. The zero-order chi connectivity index (χ0) is 10.8. The van der Waals surface area contributed by atoms with Gasteiger partial charge in [0.15, 0.2) is 0 Å². The maximum atomic E-state index is 11.4. The molecule has 0 spiro atoms. The van der Waals surface area contributed by atoms with Crippen molar-refractivity contribution in [1.82, 2.24) is 0 Å². The van der Waals surface area contributed by atoms with Crippen LogP contribution >= 0.6 is 15.9 Å². The zero-order valence-corrected chi connectivity index (χ0v) is 11.1. The van der Waals surface area contributed by atoms with Gasteiger partial charge in [0.05, 0.1) is 0 Å². The van der Waals surface area contributed by atoms with Crippen molar-refractivity contribution in [2.24, 2.45) is 10.7 Å². The topological polar surface area (TPSA) is 55.4 Å². The fourth-order valence-corrected chi connectivity index (χ4v) is 3.44. The molecule has 0 bridgehead atoms. The molecule has 1 atom stereocenters. The van der Waals surface area contributed by atoms with Gasteiger partial charge >= 0.3 is 103 Å². The van der Waals surface area contributed by atoms with Crippen LogP contribution in [-0.4, -0.2) is 25.6 Å². The number of carbonyl (C=O) groups excluding carboxylic acids is 1. The molecule has 1 aromatic rings. The summed E-state index contributed by atoms with van der Waals surface area (Å²) >= 11 is 3.41. The van der Waals surface area contributed by atoms with Gasteiger partial charge < -0.3 is 0 Å². The number of benzene rings is 1. The first-order chi connectivity index (χ1) is 7.15. The van der Waals surface area contributed by atoms with E-state index in [1.54, 1.807) is 0 Å². The molecule has 0 radical (unpaired) electrons. The maximum absolute atomic E-state index is 11.4. The molecule has 2 rings (SSSR count). The van der Waals surface area contributed by atoms with Gasteiger partial charge in [-0.3, -0.25) is 0 Å². The summed E-state index contributed by atoms with van der Waals surface area (Å²) < 4.78 is 1.57. The number of hydrogen-bond acceptors (Lipinski definition) is 2. The zero-order valence-electron chi connectivity index (χ0n) is 7.81. The molecule has 1 unspecified atom stereocenters. The molecule has 1 heterocycles. The Bertz CT molecular complexity index is 416. The number of rotatable bonds is 2. The van der Waals surface area contributed by atoms with Crippen LogP contribution in [0.3, 0.4) is 0 Å². The summed E-state index contributed by atoms with van der Waals surface area (Å²) in [5.74, 6) is -0.0598. The number of amidine groups is 1. The van der Waals surface area contributed by atoms with E-state index in [1.165, 1.54) is 0 Å². The van der Waals surface area contributed by atoms with Crippen LogP contribution in [0.5, 0.6) is 0 Å². The van der Waals surface area contributed by atoms with E-state index >= 15 is 0 Å². The predicted octanol–water partition coefficient (Wildman–Crippen LogP) is 1.34. The molecule has 0 saturated heterocycles. The Morgan fingerprint density at radius 1 is 1.40 bits per heavy atom. The Hall–Kier alpha value is -0.641. The Balaban J connectivity index is 2.04. The predicted molar refractivity (Wildman–Crippen MR) is 64.0 cm³/mol. The third-order valence-corrected chi connectivity index (χ3v) is 4.69. The molecule has 2 N–H and O–H groups in total. The molecule has 1 amide bonds. The van der Waals surface area contributed by atoms with Crippen LogP contribution in [0.4, 0.5) is 0 Å². The summed E-state index contributed by atoms with van der Waals surface area (Å²) in [7, 11) is 0. The van der Waals surface area contributed by atoms with Gasteiger partial charge in [-0.1, -0.05) is 0 Å². The Morgan fingerprint density at radius 3 is 2.60 bits per heavy atom. The van der Waals surface area contributed by atoms with E-state index in [0.717, 1.165) is 16.5 Å². The summed E-state index contributed by atoms with van der Waals surface area (Å²) in [6.07, 6.45) is 0.746. The second-order valence-electron chi connectivity index (χ2n) is 3.23. The van der Waals surface area contributed by atoms with Crippen LogP contribution in [0.25, 0.3) is 0 Å². The number of nitrogens with two attached hydrogens (primary N) is 1. The molecule has 78 valence electrons. The normalized spacial score (nSPS) is 20.5. The number of hydrogen-bond donors (Lipinski definition) is 1. The molecule has 0 fully saturated rings. The summed E-state index contributed by atoms with van der Waals surface area (Å²) in [4.78, 5) is 15.2. The van der Waals surface area contributed by atoms with Gasteiger partial charge in [0.25, 0.3) is 0 Å². The van der Waals surface area contributed by atoms with Crippen molar-refractivity contribution in [2.75, 3.05) is 0 Å². The van der Waals surface area contributed by atoms with Crippen molar-refractivity contribution in [3.05, 3.63) is 34.3 Å². The first-order valence-corrected chi connectivity index (χ1v) is 7.08. The molecule has 1 aromatic carbocycles. The van der Waals surface area contributed by atoms with Gasteiger partial charge in [-0.25, -0.2) is 0 Å². The molecule has 1 aliphatic heterocycles. The van der Waals surface area contributed by atoms with Crippen molar-refractivity contribution < 1.29 is 4.79 Å². The molecular weight excluding hydrogens is 323 g/mol. The minimum atomic E-state index is -0.0598. The summed E-state index contributed by atoms with van der Waals surface area (Å²) in [5.41, 5.74) is 6.70. The van der Waals surface area contributed by atoms with Crippen molar-refractivity contribution in [3.8, 4) is 0 Å². The summed E-state index contributed by atoms with van der Waals surface area (Å²) in [6.45, 7) is 0. The van der Waals surface area contributed by atoms with Gasteiger partial charge in [0, 0.05) is 0 Å². The van der Waals surface area contributed by atoms with Gasteiger partial charge in [-0.05, 0) is 0 Å². The van der Waals surface area contributed by atoms with Crippen molar-refractivity contribution in [3.63, 3.8) is 0 Å². The van der Waals surface area contributed by atoms with Crippen molar-refractivity contribution in [2.45, 2.75) is 11.2 Å². The van der Waals surface area contributed by atoms with E-state index in [-0.39, 0.29) is 25.7 Å². The Kier molecular flexibility index (Phi) is 3.24. The standard InChI is InChI=1S/C10H9BrN2OSe/c11-7-3-1-6(2-4-7)5-8-9(14)13-10(12)15-8/h1-4,8H,5H2,(H2,12,13,14). The molecule has 1 aliphatic rings. The second kappa shape index (κ2) is 4.47. The van der Waals surface area contributed by atoms with E-state index in [4.69, 9.17) is 5.73 Å². The van der Waals surface area contributed by atoms with Crippen LogP contribution in [0.1, 0.15) is 5.56 Å². The summed E-state index contributed by atoms with van der Waals surface area (Å²) in [6, 6.07) is 7.99. The molecule has 15 heavy (non-hydrogen) atoms. The Labute approximate surface area is 102 Å². The van der Waals surface area contributed by atoms with Gasteiger partial charge in [0.1, 0.15) is 0 Å². The van der Waals surface area contributed by atoms with Crippen LogP contribution < -0.4 is 5.73 Å². The van der Waals surface area contributed by atoms with Gasteiger partial charge in [-0.15, -0.1) is 0 Å². The molecule has 3 nitrogen and oxygen atoms in total. The van der Waals surface area contributed by atoms with E-state index < -0.39 is 0 Å². The van der Waals surface area contributed by atoms with Gasteiger partial charge in [-0.2, -0.15) is 0 Å². The number of aliphatic imine (C=N–C) groups is 1. The minimum absolute atomic E-state index is 0.00123. The van der Waals surface area contributed by atoms with Crippen molar-refractivity contribution >= 4 is 41.5 Å². The van der Waals surface area contributed by atoms with Crippen LogP contribution in [0.15, 0.2) is 33.7 Å². The van der Waals surface area contributed by atoms with Crippen LogP contribution in [0, 0.1) is 0 Å². The number of amides is 1. The van der Waals surface area contributed by atoms with Crippen LogP contribution in [0.2, 0.25) is 4.82 Å². The number of nitrogens with zero attached hydrogens (tertiary/aromatic N) is 1. The van der Waals surface area contributed by atoms with E-state index in [9.17, 15) is 4.79 Å². The summed E-state index contributed by atoms with van der Waals surface area (Å²) in [5, 5.41) is 0. The fraction of sp³-hybridized carbons (Fsp3) is 0.200. The molecule has 0 saturated carbocycles. The first kappa shape index (κ1) is 10.9. The second-order valence-corrected chi connectivity index (χ2v) is 6.71. The van der Waals surface area contributed by atoms with E-state index in [2.05, 4.69) is 20.9 Å². The third-order valence-electron chi connectivity index (χ3n) is 2.09. The van der Waals surface area contributed by atoms with Crippen LogP contribution in [-0.2, 0) is 11.2 Å². The third kappa shape index (κ3) is 2.68. The number of carbonyl (C=O) groups is 1. The SMILES string of the molecule is NC1=NC(=O)C(Cc2ccc(Br)cc2)[Se]1. The first-order valence-electron chi connectivity index (χ1n) is 4.44. The van der Waals surface area contributed by atoms with Crippen molar-refractivity contribution in [1.29, 1.82) is 0 Å². The number of halogens is 1. The monoisotopic (exact) mass is 332 g/mol. The molecule has 0 aromatic heterocycles. The molecule has 5 heteroatoms. The fourth-order valence-electron chi connectivity index (χ4n) is 1.37.